The lowest BCUT2D eigenvalue weighted by Crippen LogP contribution is -2.15. The molecule has 15 heavy (non-hydrogen) atoms. The Hall–Kier alpha value is -0.770. The maximum atomic E-state index is 5.78. The first-order valence-corrected chi connectivity index (χ1v) is 5.85. The van der Waals surface area contributed by atoms with Crippen LogP contribution in [0.2, 0.25) is 0 Å². The van der Waals surface area contributed by atoms with Crippen LogP contribution in [0.1, 0.15) is 27.2 Å². The van der Waals surface area contributed by atoms with Crippen molar-refractivity contribution in [3.63, 3.8) is 0 Å². The van der Waals surface area contributed by atoms with Gasteiger partial charge in [0.2, 0.25) is 0 Å². The van der Waals surface area contributed by atoms with E-state index in [2.05, 4.69) is 34.8 Å². The van der Waals surface area contributed by atoms with E-state index in [4.69, 9.17) is 10.5 Å². The number of rotatable bonds is 4. The lowest BCUT2D eigenvalue weighted by molar-refractivity contribution is 0.193. The molecule has 0 aliphatic heterocycles. The van der Waals surface area contributed by atoms with Crippen LogP contribution in [-0.4, -0.2) is 11.1 Å². The van der Waals surface area contributed by atoms with E-state index in [1.54, 1.807) is 12.4 Å². The highest BCUT2D eigenvalue weighted by atomic mass is 79.9. The third kappa shape index (κ3) is 3.70. The Kier molecular flexibility index (Phi) is 4.39. The van der Waals surface area contributed by atoms with Crippen molar-refractivity contribution < 1.29 is 4.74 Å². The van der Waals surface area contributed by atoms with Crippen LogP contribution < -0.4 is 10.5 Å². The highest BCUT2D eigenvalue weighted by Gasteiger charge is 2.11. The number of nitrogens with two attached hydrogens (primary N) is 1. The SMILES string of the molecule is CC(C)CC(C)Oc1c(N)cncc1Br. The molecule has 84 valence electrons. The molecule has 2 N–H and O–H groups in total. The lowest BCUT2D eigenvalue weighted by Gasteiger charge is -2.18. The summed E-state index contributed by atoms with van der Waals surface area (Å²) < 4.78 is 6.58. The Balaban J connectivity index is 2.71. The number of hydrogen-bond acceptors (Lipinski definition) is 3. The van der Waals surface area contributed by atoms with Crippen molar-refractivity contribution in [2.24, 2.45) is 5.92 Å². The predicted octanol–water partition coefficient (Wildman–Crippen LogP) is 3.24. The molecule has 1 heterocycles. The largest absolute Gasteiger partial charge is 0.487 e. The van der Waals surface area contributed by atoms with Gasteiger partial charge in [-0.15, -0.1) is 0 Å². The van der Waals surface area contributed by atoms with Crippen LogP contribution >= 0.6 is 15.9 Å². The molecule has 4 heteroatoms. The number of nitrogens with zero attached hydrogens (tertiary/aromatic N) is 1. The van der Waals surface area contributed by atoms with Gasteiger partial charge < -0.3 is 10.5 Å². The molecule has 0 aliphatic carbocycles. The fourth-order valence-corrected chi connectivity index (χ4v) is 1.92. The Bertz CT molecular complexity index is 308. The fourth-order valence-electron chi connectivity index (χ4n) is 1.48. The summed E-state index contributed by atoms with van der Waals surface area (Å²) in [5.41, 5.74) is 6.35. The number of nitrogen functional groups attached to an aromatic ring is 1. The second-order valence-electron chi connectivity index (χ2n) is 4.10. The van der Waals surface area contributed by atoms with E-state index < -0.39 is 0 Å². The normalized spacial score (nSPS) is 12.9. The maximum Gasteiger partial charge on any atom is 0.159 e. The van der Waals surface area contributed by atoms with Gasteiger partial charge in [-0.1, -0.05) is 13.8 Å². The molecule has 0 spiro atoms. The lowest BCUT2D eigenvalue weighted by atomic mass is 10.1. The Labute approximate surface area is 99.2 Å². The molecule has 0 fully saturated rings. The molecule has 3 nitrogen and oxygen atoms in total. The van der Waals surface area contributed by atoms with Gasteiger partial charge in [0.05, 0.1) is 22.5 Å². The second-order valence-corrected chi connectivity index (χ2v) is 4.95. The first-order valence-electron chi connectivity index (χ1n) is 5.06. The number of ether oxygens (including phenoxy) is 1. The van der Waals surface area contributed by atoms with Gasteiger partial charge in [-0.2, -0.15) is 0 Å². The van der Waals surface area contributed by atoms with Crippen molar-refractivity contribution in [3.8, 4) is 5.75 Å². The Morgan fingerprint density at radius 1 is 1.40 bits per heavy atom. The summed E-state index contributed by atoms with van der Waals surface area (Å²) in [6.07, 6.45) is 4.45. The zero-order valence-electron chi connectivity index (χ0n) is 9.33. The monoisotopic (exact) mass is 272 g/mol. The van der Waals surface area contributed by atoms with Gasteiger partial charge in [-0.3, -0.25) is 4.98 Å². The van der Waals surface area contributed by atoms with Crippen LogP contribution in [0, 0.1) is 5.92 Å². The summed E-state index contributed by atoms with van der Waals surface area (Å²) in [7, 11) is 0. The summed E-state index contributed by atoms with van der Waals surface area (Å²) in [5.74, 6) is 1.31. The van der Waals surface area contributed by atoms with Gasteiger partial charge in [-0.25, -0.2) is 0 Å². The minimum atomic E-state index is 0.158. The predicted molar refractivity (Wildman–Crippen MR) is 65.9 cm³/mol. The van der Waals surface area contributed by atoms with E-state index in [0.717, 1.165) is 10.9 Å². The van der Waals surface area contributed by atoms with E-state index in [0.29, 0.717) is 17.4 Å². The van der Waals surface area contributed by atoms with Crippen molar-refractivity contribution in [1.82, 2.24) is 4.98 Å². The smallest absolute Gasteiger partial charge is 0.159 e. The van der Waals surface area contributed by atoms with Gasteiger partial charge in [-0.05, 0) is 35.2 Å². The summed E-state index contributed by atoms with van der Waals surface area (Å²) in [4.78, 5) is 3.96. The third-order valence-corrected chi connectivity index (χ3v) is 2.57. The zero-order chi connectivity index (χ0) is 11.4. The van der Waals surface area contributed by atoms with Crippen molar-refractivity contribution in [2.45, 2.75) is 33.3 Å². The number of halogens is 1. The molecule has 0 amide bonds. The molecule has 1 atom stereocenters. The highest BCUT2D eigenvalue weighted by Crippen LogP contribution is 2.31. The van der Waals surface area contributed by atoms with Crippen molar-refractivity contribution >= 4 is 21.6 Å². The summed E-state index contributed by atoms with van der Waals surface area (Å²) >= 11 is 3.37. The Morgan fingerprint density at radius 3 is 2.60 bits per heavy atom. The molecular formula is C11H17BrN2O. The minimum absolute atomic E-state index is 0.158. The molecule has 1 aromatic heterocycles. The van der Waals surface area contributed by atoms with E-state index in [1.165, 1.54) is 0 Å². The van der Waals surface area contributed by atoms with Crippen LogP contribution in [0.3, 0.4) is 0 Å². The maximum absolute atomic E-state index is 5.78. The molecule has 1 aromatic rings. The van der Waals surface area contributed by atoms with Gasteiger partial charge in [0.25, 0.3) is 0 Å². The van der Waals surface area contributed by atoms with Crippen molar-refractivity contribution in [2.75, 3.05) is 5.73 Å². The molecule has 1 rings (SSSR count). The van der Waals surface area contributed by atoms with Crippen LogP contribution in [0.25, 0.3) is 0 Å². The fraction of sp³-hybridized carbons (Fsp3) is 0.545. The number of aromatic nitrogens is 1. The van der Waals surface area contributed by atoms with Crippen molar-refractivity contribution in [1.29, 1.82) is 0 Å². The van der Waals surface area contributed by atoms with Gasteiger partial charge in [0.15, 0.2) is 5.75 Å². The molecule has 0 radical (unpaired) electrons. The zero-order valence-corrected chi connectivity index (χ0v) is 10.9. The number of anilines is 1. The summed E-state index contributed by atoms with van der Waals surface area (Å²) in [6.45, 7) is 6.39. The van der Waals surface area contributed by atoms with E-state index in [9.17, 15) is 0 Å². The van der Waals surface area contributed by atoms with E-state index in [-0.39, 0.29) is 6.10 Å². The first-order chi connectivity index (χ1) is 7.00. The quantitative estimate of drug-likeness (QED) is 0.916. The molecule has 0 aliphatic rings. The average molecular weight is 273 g/mol. The van der Waals surface area contributed by atoms with Crippen LogP contribution in [0.5, 0.6) is 5.75 Å². The minimum Gasteiger partial charge on any atom is -0.487 e. The molecular weight excluding hydrogens is 256 g/mol. The topological polar surface area (TPSA) is 48.1 Å². The van der Waals surface area contributed by atoms with Crippen molar-refractivity contribution in [3.05, 3.63) is 16.9 Å². The van der Waals surface area contributed by atoms with E-state index in [1.807, 2.05) is 6.92 Å². The first kappa shape index (κ1) is 12.3. The molecule has 0 bridgehead atoms. The average Bonchev–Trinajstić information content (AvgIpc) is 2.10. The van der Waals surface area contributed by atoms with Crippen LogP contribution in [0.15, 0.2) is 16.9 Å². The summed E-state index contributed by atoms with van der Waals surface area (Å²) in [5, 5.41) is 0. The number of hydrogen-bond donors (Lipinski definition) is 1. The molecule has 0 saturated carbocycles. The second kappa shape index (κ2) is 5.35. The standard InChI is InChI=1S/C11H17BrN2O/c1-7(2)4-8(3)15-11-9(12)5-14-6-10(11)13/h5-8H,4,13H2,1-3H3. The Morgan fingerprint density at radius 2 is 2.07 bits per heavy atom. The van der Waals surface area contributed by atoms with Gasteiger partial charge in [0, 0.05) is 6.20 Å². The number of pyridine rings is 1. The molecule has 1 unspecified atom stereocenters. The van der Waals surface area contributed by atoms with Crippen LogP contribution in [0.4, 0.5) is 5.69 Å². The van der Waals surface area contributed by atoms with Crippen LogP contribution in [-0.2, 0) is 0 Å². The van der Waals surface area contributed by atoms with Gasteiger partial charge >= 0.3 is 0 Å². The highest BCUT2D eigenvalue weighted by molar-refractivity contribution is 9.10. The third-order valence-electron chi connectivity index (χ3n) is 2.00. The molecule has 0 saturated heterocycles. The van der Waals surface area contributed by atoms with Gasteiger partial charge in [0.1, 0.15) is 0 Å². The van der Waals surface area contributed by atoms with E-state index >= 15 is 0 Å². The summed E-state index contributed by atoms with van der Waals surface area (Å²) in [6, 6.07) is 0. The molecule has 0 aromatic carbocycles.